The van der Waals surface area contributed by atoms with Gasteiger partial charge in [-0.25, -0.2) is 0 Å². The maximum Gasteiger partial charge on any atom is 0.275 e. The fourth-order valence-corrected chi connectivity index (χ4v) is 4.31. The van der Waals surface area contributed by atoms with E-state index < -0.39 is 5.56 Å². The van der Waals surface area contributed by atoms with Gasteiger partial charge in [-0.15, -0.1) is 0 Å². The van der Waals surface area contributed by atoms with Crippen LogP contribution in [0.3, 0.4) is 0 Å². The normalized spacial score (nSPS) is 16.1. The molecule has 1 aliphatic rings. The zero-order valence-corrected chi connectivity index (χ0v) is 16.6. The number of nitrogen functional groups attached to an aromatic ring is 1. The molecular weight excluding hydrogens is 360 g/mol. The number of aromatic nitrogens is 2. The van der Waals surface area contributed by atoms with Gasteiger partial charge in [0.25, 0.3) is 5.56 Å². The molecule has 6 nitrogen and oxygen atoms in total. The lowest BCUT2D eigenvalue weighted by Crippen LogP contribution is -2.40. The first-order valence-electron chi connectivity index (χ1n) is 9.37. The number of nitrogens with one attached hydrogen (secondary N) is 1. The van der Waals surface area contributed by atoms with E-state index in [4.69, 9.17) is 5.73 Å². The molecule has 7 heteroatoms. The number of anilines is 1. The molecule has 1 aromatic heterocycles. The molecule has 0 spiro atoms. The number of hydrogen-bond acceptors (Lipinski definition) is 5. The molecule has 3 N–H and O–H groups in total. The third-order valence-electron chi connectivity index (χ3n) is 4.79. The van der Waals surface area contributed by atoms with Crippen molar-refractivity contribution >= 4 is 23.5 Å². The van der Waals surface area contributed by atoms with E-state index in [0.29, 0.717) is 11.0 Å². The first-order valence-corrected chi connectivity index (χ1v) is 10.3. The number of thioether (sulfide) groups is 1. The molecule has 1 aromatic carbocycles. The van der Waals surface area contributed by atoms with Gasteiger partial charge in [0.1, 0.15) is 5.82 Å². The van der Waals surface area contributed by atoms with Crippen LogP contribution in [0.2, 0.25) is 0 Å². The SMILES string of the molecule is Cc1cccc(-n2c(N)cc(=O)nc2S[C@H](C)C(=O)NC2CCCCC2)c1. The van der Waals surface area contributed by atoms with Crippen LogP contribution in [0.15, 0.2) is 40.3 Å². The molecule has 0 bridgehead atoms. The molecule has 2 aromatic rings. The smallest absolute Gasteiger partial charge is 0.275 e. The molecule has 0 unspecified atom stereocenters. The summed E-state index contributed by atoms with van der Waals surface area (Å²) in [7, 11) is 0. The van der Waals surface area contributed by atoms with Gasteiger partial charge < -0.3 is 11.1 Å². The quantitative estimate of drug-likeness (QED) is 0.609. The first-order chi connectivity index (χ1) is 12.9. The number of benzene rings is 1. The van der Waals surface area contributed by atoms with Crippen LogP contribution in [0.4, 0.5) is 5.82 Å². The van der Waals surface area contributed by atoms with E-state index in [2.05, 4.69) is 10.3 Å². The highest BCUT2D eigenvalue weighted by Crippen LogP contribution is 2.27. The second-order valence-corrected chi connectivity index (χ2v) is 8.39. The van der Waals surface area contributed by atoms with E-state index in [-0.39, 0.29) is 17.2 Å². The number of rotatable bonds is 5. The van der Waals surface area contributed by atoms with E-state index in [1.54, 1.807) is 4.57 Å². The number of aryl methyl sites for hydroxylation is 1. The number of nitrogens with zero attached hydrogens (tertiary/aromatic N) is 2. The van der Waals surface area contributed by atoms with Gasteiger partial charge in [0, 0.05) is 17.8 Å². The van der Waals surface area contributed by atoms with Crippen molar-refractivity contribution in [2.24, 2.45) is 0 Å². The minimum Gasteiger partial charge on any atom is -0.385 e. The molecule has 1 saturated carbocycles. The van der Waals surface area contributed by atoms with Crippen LogP contribution in [0.5, 0.6) is 0 Å². The minimum absolute atomic E-state index is 0.0284. The Morgan fingerprint density at radius 2 is 2.04 bits per heavy atom. The van der Waals surface area contributed by atoms with Crippen molar-refractivity contribution in [2.75, 3.05) is 5.73 Å². The number of amides is 1. The molecule has 1 aliphatic carbocycles. The molecule has 0 radical (unpaired) electrons. The number of carbonyl (C=O) groups excluding carboxylic acids is 1. The number of nitrogens with two attached hydrogens (primary N) is 1. The highest BCUT2D eigenvalue weighted by Gasteiger charge is 2.22. The van der Waals surface area contributed by atoms with Gasteiger partial charge in [0.05, 0.1) is 5.25 Å². The van der Waals surface area contributed by atoms with Crippen LogP contribution >= 0.6 is 11.8 Å². The Balaban J connectivity index is 1.83. The third kappa shape index (κ3) is 4.91. The van der Waals surface area contributed by atoms with Crippen molar-refractivity contribution in [3.63, 3.8) is 0 Å². The van der Waals surface area contributed by atoms with E-state index in [1.807, 2.05) is 38.1 Å². The average Bonchev–Trinajstić information content (AvgIpc) is 2.62. The fourth-order valence-electron chi connectivity index (χ4n) is 3.36. The van der Waals surface area contributed by atoms with E-state index in [9.17, 15) is 9.59 Å². The number of hydrogen-bond donors (Lipinski definition) is 2. The van der Waals surface area contributed by atoms with Crippen LogP contribution < -0.4 is 16.6 Å². The summed E-state index contributed by atoms with van der Waals surface area (Å²) < 4.78 is 1.73. The zero-order valence-electron chi connectivity index (χ0n) is 15.8. The van der Waals surface area contributed by atoms with E-state index in [0.717, 1.165) is 36.9 Å². The summed E-state index contributed by atoms with van der Waals surface area (Å²) in [6, 6.07) is 9.35. The molecule has 27 heavy (non-hydrogen) atoms. The summed E-state index contributed by atoms with van der Waals surface area (Å²) in [5, 5.41) is 3.18. The second-order valence-electron chi connectivity index (χ2n) is 7.08. The van der Waals surface area contributed by atoms with Gasteiger partial charge in [0.2, 0.25) is 5.91 Å². The predicted molar refractivity (Wildman–Crippen MR) is 109 cm³/mol. The van der Waals surface area contributed by atoms with Crippen LogP contribution in [0.1, 0.15) is 44.6 Å². The standard InChI is InChI=1S/C20H26N4O2S/c1-13-7-6-10-16(11-13)24-17(21)12-18(25)23-20(24)27-14(2)19(26)22-15-8-4-3-5-9-15/h6-7,10-12,14-15H,3-5,8-9,21H2,1-2H3,(H,22,26)/t14-/m1/s1. The summed E-state index contributed by atoms with van der Waals surface area (Å²) >= 11 is 1.26. The maximum atomic E-state index is 12.6. The maximum absolute atomic E-state index is 12.6. The van der Waals surface area contributed by atoms with Crippen molar-refractivity contribution in [1.82, 2.24) is 14.9 Å². The van der Waals surface area contributed by atoms with Crippen molar-refractivity contribution < 1.29 is 4.79 Å². The Morgan fingerprint density at radius 1 is 1.30 bits per heavy atom. The topological polar surface area (TPSA) is 90.0 Å². The lowest BCUT2D eigenvalue weighted by molar-refractivity contribution is -0.121. The average molecular weight is 387 g/mol. The highest BCUT2D eigenvalue weighted by atomic mass is 32.2. The minimum atomic E-state index is -0.404. The lowest BCUT2D eigenvalue weighted by atomic mass is 9.95. The summed E-state index contributed by atoms with van der Waals surface area (Å²) in [5.74, 6) is 0.280. The van der Waals surface area contributed by atoms with Gasteiger partial charge >= 0.3 is 0 Å². The molecule has 0 aliphatic heterocycles. The molecule has 3 rings (SSSR count). The Morgan fingerprint density at radius 3 is 2.74 bits per heavy atom. The van der Waals surface area contributed by atoms with Gasteiger partial charge in [-0.1, -0.05) is 43.2 Å². The van der Waals surface area contributed by atoms with Gasteiger partial charge in [-0.3, -0.25) is 14.2 Å². The van der Waals surface area contributed by atoms with Crippen LogP contribution in [0, 0.1) is 6.92 Å². The predicted octanol–water partition coefficient (Wildman–Crippen LogP) is 3.05. The zero-order chi connectivity index (χ0) is 19.4. The molecule has 1 atom stereocenters. The van der Waals surface area contributed by atoms with Gasteiger partial charge in [0.15, 0.2) is 5.16 Å². The number of carbonyl (C=O) groups is 1. The van der Waals surface area contributed by atoms with Gasteiger partial charge in [-0.2, -0.15) is 4.98 Å². The van der Waals surface area contributed by atoms with Crippen LogP contribution in [-0.4, -0.2) is 26.8 Å². The lowest BCUT2D eigenvalue weighted by Gasteiger charge is -2.24. The summed E-state index contributed by atoms with van der Waals surface area (Å²) in [6.07, 6.45) is 5.64. The monoisotopic (exact) mass is 386 g/mol. The summed E-state index contributed by atoms with van der Waals surface area (Å²) in [5.41, 5.74) is 7.61. The molecular formula is C20H26N4O2S. The Bertz CT molecular complexity index is 875. The summed E-state index contributed by atoms with van der Waals surface area (Å²) in [4.78, 5) is 28.6. The van der Waals surface area contributed by atoms with Crippen molar-refractivity contribution in [1.29, 1.82) is 0 Å². The molecule has 1 heterocycles. The molecule has 1 amide bonds. The molecule has 1 fully saturated rings. The largest absolute Gasteiger partial charge is 0.385 e. The first kappa shape index (κ1) is 19.5. The molecule has 0 saturated heterocycles. The van der Waals surface area contributed by atoms with Crippen molar-refractivity contribution in [3.8, 4) is 5.69 Å². The molecule has 144 valence electrons. The van der Waals surface area contributed by atoms with Gasteiger partial charge in [-0.05, 0) is 44.4 Å². The Kier molecular flexibility index (Phi) is 6.21. The van der Waals surface area contributed by atoms with Crippen molar-refractivity contribution in [3.05, 3.63) is 46.2 Å². The Labute approximate surface area is 163 Å². The Hall–Kier alpha value is -2.28. The van der Waals surface area contributed by atoms with Crippen molar-refractivity contribution in [2.45, 2.75) is 62.4 Å². The van der Waals surface area contributed by atoms with E-state index >= 15 is 0 Å². The van der Waals surface area contributed by atoms with E-state index in [1.165, 1.54) is 24.2 Å². The van der Waals surface area contributed by atoms with Crippen LogP contribution in [0.25, 0.3) is 5.69 Å². The second kappa shape index (κ2) is 8.61. The van der Waals surface area contributed by atoms with Crippen LogP contribution in [-0.2, 0) is 4.79 Å². The third-order valence-corrected chi connectivity index (χ3v) is 5.84. The fraction of sp³-hybridized carbons (Fsp3) is 0.450. The summed E-state index contributed by atoms with van der Waals surface area (Å²) in [6.45, 7) is 3.82. The highest BCUT2D eigenvalue weighted by molar-refractivity contribution is 8.00.